The van der Waals surface area contributed by atoms with Crippen LogP contribution in [0.1, 0.15) is 0 Å². The van der Waals surface area contributed by atoms with E-state index < -0.39 is 7.80 Å². The summed E-state index contributed by atoms with van der Waals surface area (Å²) in [6.07, 6.45) is 0. The lowest BCUT2D eigenvalue weighted by Crippen LogP contribution is -2.05. The highest BCUT2D eigenvalue weighted by atomic mass is 31.1. The topological polar surface area (TPSA) is 43.4 Å². The van der Waals surface area contributed by atoms with Crippen LogP contribution >= 0.6 is 7.80 Å². The molecule has 0 aliphatic heterocycles. The monoisotopic (exact) mass is 381 g/mol. The Hall–Kier alpha value is -3.42. The third-order valence-corrected chi connectivity index (χ3v) is 6.69. The van der Waals surface area contributed by atoms with Crippen molar-refractivity contribution < 1.29 is 13.4 Å². The minimum Gasteiger partial charge on any atom is -0.456 e. The average Bonchev–Trinajstić information content (AvgIpc) is 3.30. The first kappa shape index (κ1) is 15.6. The summed E-state index contributed by atoms with van der Waals surface area (Å²) in [5.74, 6) is 0. The summed E-state index contributed by atoms with van der Waals surface area (Å²) in [4.78, 5) is 0. The Kier molecular flexibility index (Phi) is 3.23. The molecule has 3 nitrogen and oxygen atoms in total. The molecule has 0 spiro atoms. The number of benzene rings is 4. The van der Waals surface area contributed by atoms with Gasteiger partial charge >= 0.3 is 7.80 Å². The summed E-state index contributed by atoms with van der Waals surface area (Å²) in [5.41, 5.74) is 3.20. The van der Waals surface area contributed by atoms with E-state index in [-0.39, 0.29) is 0 Å². The smallest absolute Gasteiger partial charge is 0.415 e. The van der Waals surface area contributed by atoms with Crippen LogP contribution in [-0.2, 0) is 4.57 Å². The van der Waals surface area contributed by atoms with Crippen LogP contribution < -0.4 is 10.6 Å². The van der Waals surface area contributed by atoms with E-state index in [4.69, 9.17) is 8.83 Å². The van der Waals surface area contributed by atoms with Crippen molar-refractivity contribution in [3.05, 3.63) is 84.9 Å². The molecule has 0 bridgehead atoms. The van der Waals surface area contributed by atoms with Crippen LogP contribution in [-0.4, -0.2) is 0 Å². The molecule has 4 aromatic carbocycles. The third kappa shape index (κ3) is 2.24. The zero-order chi connectivity index (χ0) is 18.7. The molecular formula is C24H14O3P+. The fraction of sp³-hybridized carbons (Fsp3) is 0. The van der Waals surface area contributed by atoms with E-state index in [0.29, 0.717) is 0 Å². The zero-order valence-corrected chi connectivity index (χ0v) is 15.6. The molecule has 0 radical (unpaired) electrons. The van der Waals surface area contributed by atoms with E-state index >= 15 is 0 Å². The first-order chi connectivity index (χ1) is 13.8. The van der Waals surface area contributed by atoms with E-state index in [2.05, 4.69) is 0 Å². The molecule has 0 N–H and O–H groups in total. The van der Waals surface area contributed by atoms with Gasteiger partial charge in [0.2, 0.25) is 0 Å². The van der Waals surface area contributed by atoms with Gasteiger partial charge in [-0.1, -0.05) is 41.0 Å². The molecule has 0 saturated carbocycles. The number of fused-ring (bicyclic) bond motifs is 6. The summed E-state index contributed by atoms with van der Waals surface area (Å²) in [5, 5.41) is 5.71. The summed E-state index contributed by atoms with van der Waals surface area (Å²) in [6, 6.07) is 27.5. The van der Waals surface area contributed by atoms with E-state index in [1.807, 2.05) is 84.9 Å². The van der Waals surface area contributed by atoms with Crippen molar-refractivity contribution in [3.8, 4) is 0 Å². The zero-order valence-electron chi connectivity index (χ0n) is 14.8. The molecule has 0 fully saturated rings. The van der Waals surface area contributed by atoms with E-state index in [9.17, 15) is 4.57 Å². The van der Waals surface area contributed by atoms with Gasteiger partial charge in [-0.3, -0.25) is 0 Å². The van der Waals surface area contributed by atoms with Crippen LogP contribution in [0, 0.1) is 0 Å². The molecule has 6 rings (SSSR count). The molecule has 0 aliphatic rings. The molecule has 6 aromatic rings. The van der Waals surface area contributed by atoms with Gasteiger partial charge < -0.3 is 8.83 Å². The number of hydrogen-bond acceptors (Lipinski definition) is 3. The quantitative estimate of drug-likeness (QED) is 0.332. The molecule has 132 valence electrons. The van der Waals surface area contributed by atoms with Gasteiger partial charge in [-0.05, 0) is 36.4 Å². The van der Waals surface area contributed by atoms with Crippen LogP contribution in [0.25, 0.3) is 43.9 Å². The Morgan fingerprint density at radius 1 is 0.500 bits per heavy atom. The van der Waals surface area contributed by atoms with Gasteiger partial charge in [0.05, 0.1) is 0 Å². The van der Waals surface area contributed by atoms with Gasteiger partial charge in [-0.15, -0.1) is 0 Å². The van der Waals surface area contributed by atoms with E-state index in [0.717, 1.165) is 54.5 Å². The standard InChI is InChI=1S/C24H14O3P/c25-28(15-9-11-19-17-5-1-3-7-21(17)26-23(19)13-15)16-10-12-20-18-6-2-4-8-22(18)27-24(20)14-16/h1-14H/q+1. The Bertz CT molecular complexity index is 1420. The van der Waals surface area contributed by atoms with E-state index in [1.54, 1.807) is 0 Å². The lowest BCUT2D eigenvalue weighted by molar-refractivity contribution is 0.598. The normalized spacial score (nSPS) is 11.7. The van der Waals surface area contributed by atoms with Crippen LogP contribution in [0.3, 0.4) is 0 Å². The SMILES string of the molecule is O=[P+](c1ccc2c(c1)oc1ccccc12)c1ccc2c(c1)oc1ccccc12. The van der Waals surface area contributed by atoms with Crippen LogP contribution in [0.2, 0.25) is 0 Å². The summed E-state index contributed by atoms with van der Waals surface area (Å²) in [7, 11) is -1.75. The minimum atomic E-state index is -1.75. The third-order valence-electron chi connectivity index (χ3n) is 5.19. The number of para-hydroxylation sites is 2. The fourth-order valence-corrected chi connectivity index (χ4v) is 5.02. The second kappa shape index (κ2) is 5.79. The lowest BCUT2D eigenvalue weighted by Gasteiger charge is -1.92. The van der Waals surface area contributed by atoms with Crippen LogP contribution in [0.4, 0.5) is 0 Å². The fourth-order valence-electron chi connectivity index (χ4n) is 3.83. The summed E-state index contributed by atoms with van der Waals surface area (Å²) in [6.45, 7) is 0. The van der Waals surface area contributed by atoms with Crippen molar-refractivity contribution in [3.63, 3.8) is 0 Å². The van der Waals surface area contributed by atoms with Gasteiger partial charge in [-0.25, -0.2) is 0 Å². The molecule has 28 heavy (non-hydrogen) atoms. The number of hydrogen-bond donors (Lipinski definition) is 0. The highest BCUT2D eigenvalue weighted by molar-refractivity contribution is 7.61. The molecule has 0 saturated heterocycles. The molecular weight excluding hydrogens is 367 g/mol. The Morgan fingerprint density at radius 2 is 0.929 bits per heavy atom. The summed E-state index contributed by atoms with van der Waals surface area (Å²) >= 11 is 0. The second-order valence-corrected chi connectivity index (χ2v) is 8.47. The van der Waals surface area contributed by atoms with Crippen molar-refractivity contribution in [2.75, 3.05) is 0 Å². The second-order valence-electron chi connectivity index (χ2n) is 6.85. The first-order valence-electron chi connectivity index (χ1n) is 9.08. The van der Waals surface area contributed by atoms with Gasteiger partial charge in [-0.2, -0.15) is 0 Å². The molecule has 2 aromatic heterocycles. The highest BCUT2D eigenvalue weighted by Crippen LogP contribution is 2.32. The van der Waals surface area contributed by atoms with Crippen molar-refractivity contribution >= 4 is 62.3 Å². The largest absolute Gasteiger partial charge is 0.456 e. The Balaban J connectivity index is 1.48. The lowest BCUT2D eigenvalue weighted by atomic mass is 10.1. The molecule has 4 heteroatoms. The highest BCUT2D eigenvalue weighted by Gasteiger charge is 2.26. The predicted octanol–water partition coefficient (Wildman–Crippen LogP) is 6.26. The van der Waals surface area contributed by atoms with Crippen molar-refractivity contribution in [1.82, 2.24) is 0 Å². The molecule has 0 unspecified atom stereocenters. The maximum atomic E-state index is 13.2. The van der Waals surface area contributed by atoms with Gasteiger partial charge in [0.1, 0.15) is 22.3 Å². The predicted molar refractivity (Wildman–Crippen MR) is 114 cm³/mol. The van der Waals surface area contributed by atoms with Gasteiger partial charge in [0.25, 0.3) is 0 Å². The Labute approximate surface area is 161 Å². The first-order valence-corrected chi connectivity index (χ1v) is 10.3. The van der Waals surface area contributed by atoms with Crippen LogP contribution in [0.5, 0.6) is 0 Å². The van der Waals surface area contributed by atoms with Crippen molar-refractivity contribution in [2.24, 2.45) is 0 Å². The maximum absolute atomic E-state index is 13.2. The van der Waals surface area contributed by atoms with E-state index in [1.165, 1.54) is 0 Å². The molecule has 0 atom stereocenters. The van der Waals surface area contributed by atoms with Crippen molar-refractivity contribution in [1.29, 1.82) is 0 Å². The van der Waals surface area contributed by atoms with Gasteiger partial charge in [0.15, 0.2) is 10.6 Å². The number of furan rings is 2. The van der Waals surface area contributed by atoms with Crippen LogP contribution in [0.15, 0.2) is 93.8 Å². The minimum absolute atomic E-state index is 0.747. The molecule has 0 aliphatic carbocycles. The number of rotatable bonds is 2. The molecule has 2 heterocycles. The summed E-state index contributed by atoms with van der Waals surface area (Å²) < 4.78 is 25.1. The Morgan fingerprint density at radius 3 is 1.43 bits per heavy atom. The van der Waals surface area contributed by atoms with Gasteiger partial charge in [0, 0.05) is 33.7 Å². The maximum Gasteiger partial charge on any atom is 0.415 e. The van der Waals surface area contributed by atoms with Crippen molar-refractivity contribution in [2.45, 2.75) is 0 Å². The molecule has 0 amide bonds. The average molecular weight is 381 g/mol.